The summed E-state index contributed by atoms with van der Waals surface area (Å²) in [6.07, 6.45) is 0. The molecule has 10 nitrogen and oxygen atoms in total. The van der Waals surface area contributed by atoms with E-state index in [0.29, 0.717) is 21.2 Å². The molecule has 0 radical (unpaired) electrons. The lowest BCUT2D eigenvalue weighted by Gasteiger charge is -2.33. The van der Waals surface area contributed by atoms with Crippen molar-refractivity contribution in [3.63, 3.8) is 0 Å². The molecule has 2 saturated heterocycles. The quantitative estimate of drug-likeness (QED) is 0.140. The van der Waals surface area contributed by atoms with Crippen molar-refractivity contribution >= 4 is 105 Å². The van der Waals surface area contributed by atoms with E-state index in [4.69, 9.17) is 69.6 Å². The molecule has 6 rings (SSSR count). The number of nitrogens with zero attached hydrogens (tertiary/aromatic N) is 2. The monoisotopic (exact) mass is 794 g/mol. The number of fused-ring (bicyclic) bond motifs is 1. The van der Waals surface area contributed by atoms with Gasteiger partial charge in [-0.15, -0.1) is 0 Å². The Labute approximate surface area is 315 Å². The van der Waals surface area contributed by atoms with Gasteiger partial charge in [0, 0.05) is 21.4 Å². The third-order valence-electron chi connectivity index (χ3n) is 8.67. The SMILES string of the molecule is O=C(O)[C@H]1[C@@H](c2ccc(Cl)cc2)N2[C@@H](C(=O)O)[C@@H](C(=O)Nc3ccc(Cl)c(Cl)c3)[C@@H](c3ccc(Cl)cc3)N2[C@H]1C(=O)Nc1ccc(Cl)c(Cl)c1. The molecule has 2 fully saturated rings. The lowest BCUT2D eigenvalue weighted by atomic mass is 9.81. The Bertz CT molecular complexity index is 2000. The summed E-state index contributed by atoms with van der Waals surface area (Å²) in [7, 11) is 0. The average molecular weight is 797 g/mol. The molecule has 2 aliphatic rings. The number of halogens is 6. The molecule has 2 amide bonds. The molecule has 2 heterocycles. The minimum Gasteiger partial charge on any atom is -0.481 e. The first-order chi connectivity index (χ1) is 23.8. The molecule has 4 aromatic rings. The van der Waals surface area contributed by atoms with Gasteiger partial charge in [0.1, 0.15) is 18.0 Å². The zero-order valence-electron chi connectivity index (χ0n) is 25.2. The molecule has 50 heavy (non-hydrogen) atoms. The molecular weight excluding hydrogens is 773 g/mol. The summed E-state index contributed by atoms with van der Waals surface area (Å²) in [5.74, 6) is -7.33. The maximum Gasteiger partial charge on any atom is 0.323 e. The van der Waals surface area contributed by atoms with Crippen LogP contribution in [0.4, 0.5) is 11.4 Å². The predicted molar refractivity (Wildman–Crippen MR) is 192 cm³/mol. The minimum absolute atomic E-state index is 0.136. The number of nitrogens with one attached hydrogen (secondary N) is 2. The Kier molecular flexibility index (Phi) is 10.6. The second kappa shape index (κ2) is 14.6. The number of hydrogen-bond acceptors (Lipinski definition) is 6. The van der Waals surface area contributed by atoms with E-state index in [1.807, 2.05) is 0 Å². The largest absolute Gasteiger partial charge is 0.481 e. The number of rotatable bonds is 8. The molecule has 0 spiro atoms. The van der Waals surface area contributed by atoms with Crippen molar-refractivity contribution in [2.45, 2.75) is 24.2 Å². The van der Waals surface area contributed by atoms with Crippen LogP contribution in [0.15, 0.2) is 84.9 Å². The van der Waals surface area contributed by atoms with Gasteiger partial charge in [-0.25, -0.2) is 10.0 Å². The summed E-state index contributed by atoms with van der Waals surface area (Å²) >= 11 is 37.0. The second-order valence-corrected chi connectivity index (χ2v) is 14.1. The van der Waals surface area contributed by atoms with Gasteiger partial charge in [0.25, 0.3) is 0 Å². The molecule has 4 N–H and O–H groups in total. The summed E-state index contributed by atoms with van der Waals surface area (Å²) in [4.78, 5) is 55.4. The van der Waals surface area contributed by atoms with Crippen molar-refractivity contribution in [2.24, 2.45) is 11.8 Å². The first-order valence-corrected chi connectivity index (χ1v) is 17.1. The summed E-state index contributed by atoms with van der Waals surface area (Å²) in [6, 6.07) is 15.5. The Balaban J connectivity index is 1.56. The first kappa shape index (κ1) is 36.2. The molecule has 6 atom stereocenters. The molecule has 0 bridgehead atoms. The number of benzene rings is 4. The van der Waals surface area contributed by atoms with Gasteiger partial charge in [0.15, 0.2) is 0 Å². The molecule has 4 aromatic carbocycles. The van der Waals surface area contributed by atoms with Crippen LogP contribution in [0.5, 0.6) is 0 Å². The molecule has 16 heteroatoms. The number of hydrazine groups is 1. The third-order valence-corrected chi connectivity index (χ3v) is 10.7. The van der Waals surface area contributed by atoms with Gasteiger partial charge in [-0.2, -0.15) is 0 Å². The smallest absolute Gasteiger partial charge is 0.323 e. The van der Waals surface area contributed by atoms with Crippen molar-refractivity contribution < 1.29 is 29.4 Å². The minimum atomic E-state index is -1.68. The summed E-state index contributed by atoms with van der Waals surface area (Å²) in [5.41, 5.74) is 1.19. The van der Waals surface area contributed by atoms with E-state index >= 15 is 0 Å². The van der Waals surface area contributed by atoms with Crippen molar-refractivity contribution in [2.75, 3.05) is 10.6 Å². The molecule has 0 aliphatic carbocycles. The third kappa shape index (κ3) is 6.87. The number of carbonyl (C=O) groups excluding carboxylic acids is 2. The van der Waals surface area contributed by atoms with Crippen LogP contribution in [0.1, 0.15) is 23.2 Å². The summed E-state index contributed by atoms with van der Waals surface area (Å²) in [5, 5.41) is 31.3. The van der Waals surface area contributed by atoms with Crippen molar-refractivity contribution in [3.05, 3.63) is 126 Å². The van der Waals surface area contributed by atoms with Gasteiger partial charge in [-0.05, 0) is 71.8 Å². The van der Waals surface area contributed by atoms with Crippen molar-refractivity contribution in [1.29, 1.82) is 0 Å². The van der Waals surface area contributed by atoms with Gasteiger partial charge >= 0.3 is 11.9 Å². The maximum atomic E-state index is 14.4. The fourth-order valence-corrected chi connectivity index (χ4v) is 7.51. The Morgan fingerprint density at radius 2 is 0.920 bits per heavy atom. The lowest BCUT2D eigenvalue weighted by Crippen LogP contribution is -2.48. The van der Waals surface area contributed by atoms with Crippen LogP contribution in [-0.2, 0) is 19.2 Å². The van der Waals surface area contributed by atoms with Crippen LogP contribution in [0, 0.1) is 11.8 Å². The summed E-state index contributed by atoms with van der Waals surface area (Å²) < 4.78 is 0. The van der Waals surface area contributed by atoms with E-state index < -0.39 is 59.8 Å². The fourth-order valence-electron chi connectivity index (χ4n) is 6.66. The molecule has 0 unspecified atom stereocenters. The van der Waals surface area contributed by atoms with E-state index in [9.17, 15) is 29.4 Å². The van der Waals surface area contributed by atoms with Gasteiger partial charge in [-0.3, -0.25) is 19.2 Å². The van der Waals surface area contributed by atoms with E-state index in [-0.39, 0.29) is 31.5 Å². The number of hydrogen-bond donors (Lipinski definition) is 4. The normalized spacial score (nSPS) is 23.3. The van der Waals surface area contributed by atoms with Gasteiger partial charge in [0.05, 0.1) is 38.1 Å². The standard InChI is InChI=1S/C34H24Cl6N4O6/c35-17-5-1-15(2-6-17)27-25(31(45)41-19-9-11-21(37)23(39)13-19)30(34(49)50)44-28(16-3-7-18(36)8-4-16)26(33(47)48)29(43(27)44)32(46)42-20-10-12-22(38)24(40)14-20/h1-14,25-30H,(H,41,45)(H,42,46)(H,47,48)(H,49,50)/t25-,26-,27+,28+,29+,30+/m0/s1. The number of aliphatic carboxylic acids is 2. The lowest BCUT2D eigenvalue weighted by molar-refractivity contribution is -0.151. The predicted octanol–water partition coefficient (Wildman–Crippen LogP) is 8.35. The number of carboxylic acid groups (broad SMARTS) is 2. The second-order valence-electron chi connectivity index (χ2n) is 11.6. The molecule has 258 valence electrons. The number of amides is 2. The van der Waals surface area contributed by atoms with Gasteiger partial charge in [-0.1, -0.05) is 93.9 Å². The fraction of sp³-hybridized carbons (Fsp3) is 0.176. The topological polar surface area (TPSA) is 139 Å². The van der Waals surface area contributed by atoms with E-state index in [2.05, 4.69) is 10.6 Å². The van der Waals surface area contributed by atoms with Crippen LogP contribution in [-0.4, -0.2) is 56.1 Å². The van der Waals surface area contributed by atoms with Crippen molar-refractivity contribution in [1.82, 2.24) is 10.0 Å². The van der Waals surface area contributed by atoms with Gasteiger partial charge in [0.2, 0.25) is 11.8 Å². The van der Waals surface area contributed by atoms with E-state index in [1.54, 1.807) is 36.4 Å². The van der Waals surface area contributed by atoms with Crippen LogP contribution < -0.4 is 10.6 Å². The van der Waals surface area contributed by atoms with Crippen molar-refractivity contribution in [3.8, 4) is 0 Å². The highest BCUT2D eigenvalue weighted by Gasteiger charge is 2.67. The first-order valence-electron chi connectivity index (χ1n) is 14.8. The number of carbonyl (C=O) groups is 4. The molecule has 0 saturated carbocycles. The molecular formula is C34H24Cl6N4O6. The van der Waals surface area contributed by atoms with Crippen LogP contribution >= 0.6 is 69.6 Å². The highest BCUT2D eigenvalue weighted by molar-refractivity contribution is 6.42. The molecule has 0 aromatic heterocycles. The Morgan fingerprint density at radius 1 is 0.500 bits per heavy atom. The maximum absolute atomic E-state index is 14.4. The van der Waals surface area contributed by atoms with Crippen LogP contribution in [0.25, 0.3) is 0 Å². The van der Waals surface area contributed by atoms with Crippen LogP contribution in [0.2, 0.25) is 30.1 Å². The summed E-state index contributed by atoms with van der Waals surface area (Å²) in [6.45, 7) is 0. The zero-order chi connectivity index (χ0) is 36.0. The Hall–Kier alpha value is -3.58. The highest BCUT2D eigenvalue weighted by Crippen LogP contribution is 2.55. The Morgan fingerprint density at radius 3 is 1.34 bits per heavy atom. The van der Waals surface area contributed by atoms with E-state index in [1.165, 1.54) is 58.5 Å². The highest BCUT2D eigenvalue weighted by atomic mass is 35.5. The average Bonchev–Trinajstić information content (AvgIpc) is 3.59. The molecule has 2 aliphatic heterocycles. The number of carboxylic acids is 2. The van der Waals surface area contributed by atoms with E-state index in [0.717, 1.165) is 0 Å². The number of anilines is 2. The van der Waals surface area contributed by atoms with Gasteiger partial charge < -0.3 is 20.8 Å². The van der Waals surface area contributed by atoms with Crippen LogP contribution in [0.3, 0.4) is 0 Å². The zero-order valence-corrected chi connectivity index (χ0v) is 29.8.